The SMILES string of the molecule is O=C(CNc1ccc(Br)c(Cl)c1)NC1CCOCC1. The van der Waals surface area contributed by atoms with Gasteiger partial charge in [-0.2, -0.15) is 0 Å². The molecule has 1 saturated heterocycles. The fraction of sp³-hybridized carbons (Fsp3) is 0.462. The van der Waals surface area contributed by atoms with E-state index in [2.05, 4.69) is 26.6 Å². The average Bonchev–Trinajstić information content (AvgIpc) is 2.41. The second kappa shape index (κ2) is 7.12. The maximum absolute atomic E-state index is 11.8. The number of carbonyl (C=O) groups excluding carboxylic acids is 1. The summed E-state index contributed by atoms with van der Waals surface area (Å²) in [6, 6.07) is 5.74. The highest BCUT2D eigenvalue weighted by Crippen LogP contribution is 2.25. The second-order valence-electron chi connectivity index (χ2n) is 4.44. The Hall–Kier alpha value is -0.780. The highest BCUT2D eigenvalue weighted by Gasteiger charge is 2.15. The van der Waals surface area contributed by atoms with Crippen molar-refractivity contribution in [3.63, 3.8) is 0 Å². The molecule has 19 heavy (non-hydrogen) atoms. The molecule has 0 spiro atoms. The van der Waals surface area contributed by atoms with E-state index >= 15 is 0 Å². The number of anilines is 1. The topological polar surface area (TPSA) is 50.4 Å². The van der Waals surface area contributed by atoms with Gasteiger partial charge in [-0.15, -0.1) is 0 Å². The first kappa shape index (κ1) is 14.6. The van der Waals surface area contributed by atoms with E-state index in [0.29, 0.717) is 5.02 Å². The lowest BCUT2D eigenvalue weighted by atomic mass is 10.1. The van der Waals surface area contributed by atoms with Gasteiger partial charge in [-0.05, 0) is 47.0 Å². The van der Waals surface area contributed by atoms with Crippen LogP contribution >= 0.6 is 27.5 Å². The van der Waals surface area contributed by atoms with Gasteiger partial charge in [0.1, 0.15) is 0 Å². The zero-order valence-electron chi connectivity index (χ0n) is 10.4. The van der Waals surface area contributed by atoms with Crippen LogP contribution in [-0.2, 0) is 9.53 Å². The Balaban J connectivity index is 1.77. The zero-order valence-corrected chi connectivity index (χ0v) is 12.8. The highest BCUT2D eigenvalue weighted by molar-refractivity contribution is 9.10. The molecule has 0 unspecified atom stereocenters. The normalized spacial score (nSPS) is 16.1. The number of benzene rings is 1. The third kappa shape index (κ3) is 4.67. The quantitative estimate of drug-likeness (QED) is 0.880. The Morgan fingerprint density at radius 2 is 2.16 bits per heavy atom. The summed E-state index contributed by atoms with van der Waals surface area (Å²) in [4.78, 5) is 11.8. The molecule has 1 fully saturated rings. The lowest BCUT2D eigenvalue weighted by molar-refractivity contribution is -0.120. The minimum atomic E-state index is -0.00839. The first-order chi connectivity index (χ1) is 9.15. The molecular formula is C13H16BrClN2O2. The van der Waals surface area contributed by atoms with Crippen LogP contribution in [0, 0.1) is 0 Å². The standard InChI is InChI=1S/C13H16BrClN2O2/c14-11-2-1-10(7-12(11)15)16-8-13(18)17-9-3-5-19-6-4-9/h1-2,7,9,16H,3-6,8H2,(H,17,18). The fourth-order valence-corrected chi connectivity index (χ4v) is 2.34. The third-order valence-electron chi connectivity index (χ3n) is 2.96. The Labute approximate surface area is 126 Å². The van der Waals surface area contributed by atoms with Crippen molar-refractivity contribution in [3.8, 4) is 0 Å². The molecule has 1 aromatic rings. The first-order valence-corrected chi connectivity index (χ1v) is 7.38. The lowest BCUT2D eigenvalue weighted by Gasteiger charge is -2.23. The highest BCUT2D eigenvalue weighted by atomic mass is 79.9. The van der Waals surface area contributed by atoms with Crippen LogP contribution in [0.25, 0.3) is 0 Å². The molecule has 0 bridgehead atoms. The molecular weight excluding hydrogens is 332 g/mol. The number of hydrogen-bond donors (Lipinski definition) is 2. The van der Waals surface area contributed by atoms with Crippen LogP contribution in [0.2, 0.25) is 5.02 Å². The predicted octanol–water partition coefficient (Wildman–Crippen LogP) is 2.81. The number of nitrogens with one attached hydrogen (secondary N) is 2. The summed E-state index contributed by atoms with van der Waals surface area (Å²) in [5, 5.41) is 6.67. The monoisotopic (exact) mass is 346 g/mol. The van der Waals surface area contributed by atoms with Gasteiger partial charge in [0.25, 0.3) is 0 Å². The fourth-order valence-electron chi connectivity index (χ4n) is 1.91. The van der Waals surface area contributed by atoms with Crippen molar-refractivity contribution in [3.05, 3.63) is 27.7 Å². The maximum atomic E-state index is 11.8. The van der Waals surface area contributed by atoms with Gasteiger partial charge in [-0.25, -0.2) is 0 Å². The van der Waals surface area contributed by atoms with Crippen LogP contribution in [0.3, 0.4) is 0 Å². The molecule has 0 aromatic heterocycles. The van der Waals surface area contributed by atoms with Crippen LogP contribution in [0.5, 0.6) is 0 Å². The number of hydrogen-bond acceptors (Lipinski definition) is 3. The molecule has 0 aliphatic carbocycles. The van der Waals surface area contributed by atoms with Crippen LogP contribution in [0.15, 0.2) is 22.7 Å². The summed E-state index contributed by atoms with van der Waals surface area (Å²) >= 11 is 9.31. The van der Waals surface area contributed by atoms with Crippen LogP contribution in [0.4, 0.5) is 5.69 Å². The minimum Gasteiger partial charge on any atom is -0.381 e. The van der Waals surface area contributed by atoms with Crippen molar-refractivity contribution in [2.24, 2.45) is 0 Å². The Morgan fingerprint density at radius 3 is 2.84 bits per heavy atom. The maximum Gasteiger partial charge on any atom is 0.239 e. The molecule has 4 nitrogen and oxygen atoms in total. The Kier molecular flexibility index (Phi) is 5.48. The summed E-state index contributed by atoms with van der Waals surface area (Å²) in [5.74, 6) is -0.00839. The molecule has 104 valence electrons. The molecule has 0 saturated carbocycles. The Morgan fingerprint density at radius 1 is 1.42 bits per heavy atom. The number of halogens is 2. The average molecular weight is 348 g/mol. The van der Waals surface area contributed by atoms with Crippen molar-refractivity contribution in [1.29, 1.82) is 0 Å². The molecule has 1 aliphatic heterocycles. The van der Waals surface area contributed by atoms with E-state index in [1.54, 1.807) is 6.07 Å². The number of rotatable bonds is 4. The molecule has 1 heterocycles. The van der Waals surface area contributed by atoms with Gasteiger partial charge in [0.15, 0.2) is 0 Å². The molecule has 6 heteroatoms. The van der Waals surface area contributed by atoms with Crippen molar-refractivity contribution in [2.45, 2.75) is 18.9 Å². The van der Waals surface area contributed by atoms with Gasteiger partial charge >= 0.3 is 0 Å². The Bertz CT molecular complexity index is 450. The molecule has 1 amide bonds. The van der Waals surface area contributed by atoms with Crippen molar-refractivity contribution in [1.82, 2.24) is 5.32 Å². The molecule has 0 radical (unpaired) electrons. The summed E-state index contributed by atoms with van der Waals surface area (Å²) in [6.45, 7) is 1.69. The summed E-state index contributed by atoms with van der Waals surface area (Å²) in [6.07, 6.45) is 1.77. The van der Waals surface area contributed by atoms with E-state index in [1.165, 1.54) is 0 Å². The van der Waals surface area contributed by atoms with Gasteiger partial charge < -0.3 is 15.4 Å². The molecule has 2 rings (SSSR count). The van der Waals surface area contributed by atoms with Crippen LogP contribution in [-0.4, -0.2) is 31.7 Å². The summed E-state index contributed by atoms with van der Waals surface area (Å²) in [5.41, 5.74) is 0.829. The second-order valence-corrected chi connectivity index (χ2v) is 5.70. The zero-order chi connectivity index (χ0) is 13.7. The van der Waals surface area contributed by atoms with Gasteiger partial charge in [-0.3, -0.25) is 4.79 Å². The number of carbonyl (C=O) groups is 1. The van der Waals surface area contributed by atoms with E-state index in [-0.39, 0.29) is 18.5 Å². The number of amides is 1. The van der Waals surface area contributed by atoms with Gasteiger partial charge in [0.05, 0.1) is 11.6 Å². The van der Waals surface area contributed by atoms with E-state index in [9.17, 15) is 4.79 Å². The minimum absolute atomic E-state index is 0.00839. The molecule has 1 aliphatic rings. The van der Waals surface area contributed by atoms with Gasteiger partial charge in [0, 0.05) is 29.4 Å². The summed E-state index contributed by atoms with van der Waals surface area (Å²) in [7, 11) is 0. The smallest absolute Gasteiger partial charge is 0.239 e. The van der Waals surface area contributed by atoms with Crippen molar-refractivity contribution >= 4 is 39.1 Å². The van der Waals surface area contributed by atoms with Gasteiger partial charge in [-0.1, -0.05) is 11.6 Å². The molecule has 1 aromatic carbocycles. The van der Waals surface area contributed by atoms with E-state index in [1.807, 2.05) is 12.1 Å². The first-order valence-electron chi connectivity index (χ1n) is 6.21. The van der Waals surface area contributed by atoms with Crippen molar-refractivity contribution in [2.75, 3.05) is 25.1 Å². The van der Waals surface area contributed by atoms with Crippen LogP contribution < -0.4 is 10.6 Å². The van der Waals surface area contributed by atoms with E-state index in [0.717, 1.165) is 36.2 Å². The van der Waals surface area contributed by atoms with E-state index in [4.69, 9.17) is 16.3 Å². The van der Waals surface area contributed by atoms with Crippen LogP contribution in [0.1, 0.15) is 12.8 Å². The largest absolute Gasteiger partial charge is 0.381 e. The van der Waals surface area contributed by atoms with E-state index < -0.39 is 0 Å². The van der Waals surface area contributed by atoms with Crippen molar-refractivity contribution < 1.29 is 9.53 Å². The number of ether oxygens (including phenoxy) is 1. The molecule has 2 N–H and O–H groups in total. The third-order valence-corrected chi connectivity index (χ3v) is 4.19. The lowest BCUT2D eigenvalue weighted by Crippen LogP contribution is -2.41. The van der Waals surface area contributed by atoms with Gasteiger partial charge in [0.2, 0.25) is 5.91 Å². The summed E-state index contributed by atoms with van der Waals surface area (Å²) < 4.78 is 6.09. The predicted molar refractivity (Wildman–Crippen MR) is 79.6 cm³/mol. The molecule has 0 atom stereocenters.